The first-order chi connectivity index (χ1) is 18.6. The van der Waals surface area contributed by atoms with Crippen LogP contribution >= 0.6 is 0 Å². The zero-order valence-electron chi connectivity index (χ0n) is 21.0. The van der Waals surface area contributed by atoms with Crippen molar-refractivity contribution in [2.24, 2.45) is 10.9 Å². The summed E-state index contributed by atoms with van der Waals surface area (Å²) in [6.45, 7) is 6.47. The first kappa shape index (κ1) is 27.7. The Hall–Kier alpha value is -4.35. The maximum Gasteiger partial charge on any atom is 0.245 e. The van der Waals surface area contributed by atoms with Gasteiger partial charge in [-0.1, -0.05) is 13.5 Å². The molecule has 1 aliphatic rings. The molecule has 2 aromatic carbocycles. The third-order valence-corrected chi connectivity index (χ3v) is 6.70. The van der Waals surface area contributed by atoms with Crippen molar-refractivity contribution in [3.8, 4) is 11.5 Å². The molecule has 3 aromatic rings. The predicted molar refractivity (Wildman–Crippen MR) is 134 cm³/mol. The lowest BCUT2D eigenvalue weighted by atomic mass is 9.86. The molecular formula is C27H24F5N5O2. The number of nitrogens with two attached hydrogens (primary N) is 1. The van der Waals surface area contributed by atoms with Gasteiger partial charge in [0.15, 0.2) is 11.6 Å². The Bertz CT molecular complexity index is 1450. The first-order valence-electron chi connectivity index (χ1n) is 11.9. The van der Waals surface area contributed by atoms with Crippen molar-refractivity contribution in [3.63, 3.8) is 0 Å². The molecule has 0 spiro atoms. The molecule has 2 heterocycles. The van der Waals surface area contributed by atoms with Crippen LogP contribution in [0.3, 0.4) is 0 Å². The lowest BCUT2D eigenvalue weighted by Crippen LogP contribution is -2.28. The Morgan fingerprint density at radius 2 is 1.85 bits per heavy atom. The van der Waals surface area contributed by atoms with Crippen LogP contribution in [-0.4, -0.2) is 46.6 Å². The molecule has 2 atom stereocenters. The average Bonchev–Trinajstić information content (AvgIpc) is 3.42. The van der Waals surface area contributed by atoms with Crippen LogP contribution in [0.5, 0.6) is 11.5 Å². The van der Waals surface area contributed by atoms with E-state index in [9.17, 15) is 22.4 Å². The fraction of sp³-hybridized carbons (Fsp3) is 0.259. The number of nitrogens with zero attached hydrogens (tertiary/aromatic N) is 4. The summed E-state index contributed by atoms with van der Waals surface area (Å²) < 4.78 is 75.4. The molecule has 0 bridgehead atoms. The van der Waals surface area contributed by atoms with Gasteiger partial charge in [-0.2, -0.15) is 8.78 Å². The topological polar surface area (TPSA) is 93.7 Å². The van der Waals surface area contributed by atoms with Crippen LogP contribution in [0.25, 0.3) is 0 Å². The molecule has 1 amide bonds. The minimum absolute atomic E-state index is 0.0251. The molecule has 1 saturated heterocycles. The highest BCUT2D eigenvalue weighted by Gasteiger charge is 2.33. The van der Waals surface area contributed by atoms with Crippen LogP contribution in [0, 0.1) is 35.0 Å². The van der Waals surface area contributed by atoms with E-state index in [4.69, 9.17) is 10.5 Å². The van der Waals surface area contributed by atoms with E-state index in [0.29, 0.717) is 25.2 Å². The average molecular weight is 546 g/mol. The Kier molecular flexibility index (Phi) is 7.93. The number of aliphatic imine (C=N–C) groups is 1. The zero-order chi connectivity index (χ0) is 28.4. The van der Waals surface area contributed by atoms with Gasteiger partial charge in [0.25, 0.3) is 0 Å². The molecule has 0 aliphatic carbocycles. The molecule has 4 rings (SSSR count). The SMILES string of the molecule is C=CC(=O)N1CCC(C(C)c2ncnc(N)c2/C(=N\C)c2ccc(Oc3c(F)c(F)cc(F)c3F)cc2F)C1. The van der Waals surface area contributed by atoms with Crippen molar-refractivity contribution in [1.29, 1.82) is 0 Å². The lowest BCUT2D eigenvalue weighted by Gasteiger charge is -2.23. The van der Waals surface area contributed by atoms with Crippen molar-refractivity contribution in [2.75, 3.05) is 25.9 Å². The Balaban J connectivity index is 1.68. The summed E-state index contributed by atoms with van der Waals surface area (Å²) in [5.41, 5.74) is 7.04. The molecule has 204 valence electrons. The van der Waals surface area contributed by atoms with Crippen LogP contribution < -0.4 is 10.5 Å². The third-order valence-electron chi connectivity index (χ3n) is 6.70. The van der Waals surface area contributed by atoms with Gasteiger partial charge in [-0.25, -0.2) is 23.1 Å². The number of ether oxygens (including phenoxy) is 1. The second-order valence-electron chi connectivity index (χ2n) is 8.96. The quantitative estimate of drug-likeness (QED) is 0.192. The summed E-state index contributed by atoms with van der Waals surface area (Å²) in [6.07, 6.45) is 3.25. The van der Waals surface area contributed by atoms with Crippen LogP contribution in [0.1, 0.15) is 36.1 Å². The summed E-state index contributed by atoms with van der Waals surface area (Å²) in [6, 6.07) is 3.21. The van der Waals surface area contributed by atoms with E-state index >= 15 is 4.39 Å². The summed E-state index contributed by atoms with van der Waals surface area (Å²) in [7, 11) is 1.42. The van der Waals surface area contributed by atoms with E-state index in [-0.39, 0.29) is 46.5 Å². The first-order valence-corrected chi connectivity index (χ1v) is 11.9. The molecule has 2 N–H and O–H groups in total. The largest absolute Gasteiger partial charge is 0.451 e. The van der Waals surface area contributed by atoms with Crippen LogP contribution in [-0.2, 0) is 4.79 Å². The number of benzene rings is 2. The second kappa shape index (κ2) is 11.2. The van der Waals surface area contributed by atoms with Gasteiger partial charge in [0.05, 0.1) is 17.0 Å². The van der Waals surface area contributed by atoms with E-state index in [1.807, 2.05) is 6.92 Å². The molecule has 1 fully saturated rings. The van der Waals surface area contributed by atoms with E-state index in [1.54, 1.807) is 4.90 Å². The van der Waals surface area contributed by atoms with Gasteiger partial charge < -0.3 is 15.4 Å². The fourth-order valence-corrected chi connectivity index (χ4v) is 4.63. The van der Waals surface area contributed by atoms with Gasteiger partial charge in [-0.3, -0.25) is 9.79 Å². The number of hydrogen-bond acceptors (Lipinski definition) is 6. The van der Waals surface area contributed by atoms with Crippen molar-refractivity contribution in [1.82, 2.24) is 14.9 Å². The van der Waals surface area contributed by atoms with Crippen LogP contribution in [0.2, 0.25) is 0 Å². The molecule has 12 heteroatoms. The standard InChI is InChI=1S/C27H24F5N5O2/c1-4-20(38)37-8-7-14(11-37)13(2)24-21(27(33)36-12-35-24)25(34-3)16-6-5-15(9-17(16)28)39-26-22(31)18(29)10-19(30)23(26)32/h4-6,9-10,12-14H,1,7-8,11H2,2-3H3,(H2,33,35,36)/b34-25-. The van der Waals surface area contributed by atoms with Gasteiger partial charge in [0.2, 0.25) is 23.3 Å². The second-order valence-corrected chi connectivity index (χ2v) is 8.96. The van der Waals surface area contributed by atoms with Gasteiger partial charge in [0.1, 0.15) is 23.7 Å². The predicted octanol–water partition coefficient (Wildman–Crippen LogP) is 5.15. The highest BCUT2D eigenvalue weighted by molar-refractivity contribution is 6.16. The molecule has 0 radical (unpaired) electrons. The molecule has 1 aliphatic heterocycles. The highest BCUT2D eigenvalue weighted by atomic mass is 19.2. The van der Waals surface area contributed by atoms with Gasteiger partial charge in [0, 0.05) is 43.8 Å². The van der Waals surface area contributed by atoms with E-state index in [0.717, 1.165) is 12.1 Å². The monoisotopic (exact) mass is 545 g/mol. The van der Waals surface area contributed by atoms with Gasteiger partial charge >= 0.3 is 0 Å². The van der Waals surface area contributed by atoms with Crippen LogP contribution in [0.15, 0.2) is 48.2 Å². The number of hydrogen-bond donors (Lipinski definition) is 1. The summed E-state index contributed by atoms with van der Waals surface area (Å²) >= 11 is 0. The van der Waals surface area contributed by atoms with Crippen molar-refractivity contribution >= 4 is 17.4 Å². The number of aromatic nitrogens is 2. The van der Waals surface area contributed by atoms with E-state index in [2.05, 4.69) is 21.5 Å². The van der Waals surface area contributed by atoms with Crippen molar-refractivity contribution < 1.29 is 31.5 Å². The number of anilines is 1. The molecule has 39 heavy (non-hydrogen) atoms. The third kappa shape index (κ3) is 5.31. The maximum absolute atomic E-state index is 15.3. The Morgan fingerprint density at radius 3 is 2.46 bits per heavy atom. The number of likely N-dealkylation sites (tertiary alicyclic amines) is 1. The van der Waals surface area contributed by atoms with Gasteiger partial charge in [-0.05, 0) is 30.5 Å². The molecule has 7 nitrogen and oxygen atoms in total. The van der Waals surface area contributed by atoms with Crippen molar-refractivity contribution in [2.45, 2.75) is 19.3 Å². The number of carbonyl (C=O) groups is 1. The minimum atomic E-state index is -1.76. The minimum Gasteiger partial charge on any atom is -0.451 e. The molecule has 1 aromatic heterocycles. The highest BCUT2D eigenvalue weighted by Crippen LogP contribution is 2.36. The number of nitrogen functional groups attached to an aromatic ring is 1. The molecule has 0 saturated carbocycles. The zero-order valence-corrected chi connectivity index (χ0v) is 21.0. The van der Waals surface area contributed by atoms with E-state index in [1.165, 1.54) is 25.5 Å². The van der Waals surface area contributed by atoms with Crippen molar-refractivity contribution in [3.05, 3.63) is 89.2 Å². The molecule has 2 unspecified atom stereocenters. The summed E-state index contributed by atoms with van der Waals surface area (Å²) in [5.74, 6) is -9.86. The molecular weight excluding hydrogens is 521 g/mol. The normalized spacial score (nSPS) is 16.3. The number of carbonyl (C=O) groups excluding carboxylic acids is 1. The maximum atomic E-state index is 15.3. The number of halogens is 5. The summed E-state index contributed by atoms with van der Waals surface area (Å²) in [4.78, 5) is 26.4. The summed E-state index contributed by atoms with van der Waals surface area (Å²) in [5, 5.41) is 0. The van der Waals surface area contributed by atoms with E-state index < -0.39 is 40.6 Å². The van der Waals surface area contributed by atoms with Crippen LogP contribution in [0.4, 0.5) is 27.8 Å². The fourth-order valence-electron chi connectivity index (χ4n) is 4.63. The number of amides is 1. The lowest BCUT2D eigenvalue weighted by molar-refractivity contribution is -0.125. The smallest absolute Gasteiger partial charge is 0.245 e. The Morgan fingerprint density at radius 1 is 1.15 bits per heavy atom. The number of rotatable bonds is 7. The van der Waals surface area contributed by atoms with Gasteiger partial charge in [-0.15, -0.1) is 0 Å². The Labute approximate surface area is 220 Å².